The Kier molecular flexibility index (Phi) is 6.80. The van der Waals surface area contributed by atoms with Crippen LogP contribution in [0.15, 0.2) is 30.3 Å². The Morgan fingerprint density at radius 1 is 1.19 bits per heavy atom. The lowest BCUT2D eigenvalue weighted by atomic mass is 10.0. The van der Waals surface area contributed by atoms with Crippen LogP contribution in [0.5, 0.6) is 0 Å². The van der Waals surface area contributed by atoms with Gasteiger partial charge < -0.3 is 26.4 Å². The molecule has 0 unspecified atom stereocenters. The van der Waals surface area contributed by atoms with E-state index in [0.29, 0.717) is 0 Å². The number of carbonyl (C=O) groups is 2. The van der Waals surface area contributed by atoms with Crippen LogP contribution >= 0.6 is 0 Å². The van der Waals surface area contributed by atoms with Gasteiger partial charge in [0.15, 0.2) is 6.10 Å². The van der Waals surface area contributed by atoms with E-state index in [1.165, 1.54) is 0 Å². The first-order chi connectivity index (χ1) is 9.95. The molecule has 1 aromatic rings. The van der Waals surface area contributed by atoms with Gasteiger partial charge in [-0.3, -0.25) is 4.79 Å². The molecule has 7 nitrogen and oxygen atoms in total. The van der Waals surface area contributed by atoms with E-state index >= 15 is 0 Å². The number of nitrogens with two attached hydrogens (primary N) is 1. The molecule has 7 heteroatoms. The summed E-state index contributed by atoms with van der Waals surface area (Å²) >= 11 is 0. The number of amides is 1. The van der Waals surface area contributed by atoms with Crippen molar-refractivity contribution in [3.8, 4) is 0 Å². The first kappa shape index (κ1) is 17.1. The fourth-order valence-electron chi connectivity index (χ4n) is 1.85. The van der Waals surface area contributed by atoms with Crippen LogP contribution in [0.2, 0.25) is 0 Å². The van der Waals surface area contributed by atoms with Crippen LogP contribution in [0, 0.1) is 0 Å². The average Bonchev–Trinajstić information content (AvgIpc) is 2.46. The first-order valence-electron chi connectivity index (χ1n) is 6.59. The number of aliphatic hydroxyl groups excluding tert-OH is 2. The van der Waals surface area contributed by atoms with Gasteiger partial charge in [0.05, 0.1) is 6.04 Å². The van der Waals surface area contributed by atoms with Crippen molar-refractivity contribution >= 4 is 11.9 Å². The van der Waals surface area contributed by atoms with E-state index in [2.05, 4.69) is 5.32 Å². The molecule has 0 spiro atoms. The van der Waals surface area contributed by atoms with Gasteiger partial charge in [0.25, 0.3) is 0 Å². The zero-order valence-electron chi connectivity index (χ0n) is 11.5. The van der Waals surface area contributed by atoms with Gasteiger partial charge >= 0.3 is 5.97 Å². The monoisotopic (exact) mass is 296 g/mol. The number of nitrogens with one attached hydrogen (secondary N) is 1. The highest BCUT2D eigenvalue weighted by molar-refractivity contribution is 5.82. The summed E-state index contributed by atoms with van der Waals surface area (Å²) < 4.78 is 0. The third kappa shape index (κ3) is 5.50. The number of hydrogen-bond acceptors (Lipinski definition) is 5. The topological polar surface area (TPSA) is 133 Å². The minimum Gasteiger partial charge on any atom is -0.479 e. The molecule has 0 aliphatic carbocycles. The zero-order valence-corrected chi connectivity index (χ0v) is 11.5. The molecule has 6 N–H and O–H groups in total. The highest BCUT2D eigenvalue weighted by Gasteiger charge is 2.29. The standard InChI is InChI=1S/C14H20N2O5/c15-7-6-11(17)13(19)16-10(12(18)14(20)21)8-9-4-2-1-3-5-9/h1-5,10-12,17-18H,6-8,15H2,(H,16,19)(H,20,21)/t10-,11+,12+/m1/s1. The van der Waals surface area contributed by atoms with Crippen molar-refractivity contribution in [3.05, 3.63) is 35.9 Å². The average molecular weight is 296 g/mol. The van der Waals surface area contributed by atoms with Crippen molar-refractivity contribution in [2.24, 2.45) is 5.73 Å². The van der Waals surface area contributed by atoms with E-state index in [-0.39, 0.29) is 19.4 Å². The molecular weight excluding hydrogens is 276 g/mol. The van der Waals surface area contributed by atoms with Crippen molar-refractivity contribution in [1.82, 2.24) is 5.32 Å². The molecule has 0 aromatic heterocycles. The second kappa shape index (κ2) is 8.35. The van der Waals surface area contributed by atoms with Gasteiger partial charge in [-0.05, 0) is 24.9 Å². The summed E-state index contributed by atoms with van der Waals surface area (Å²) in [6, 6.07) is 7.81. The second-order valence-corrected chi connectivity index (χ2v) is 4.68. The predicted octanol–water partition coefficient (Wildman–Crippen LogP) is -1.13. The Morgan fingerprint density at radius 3 is 2.33 bits per heavy atom. The van der Waals surface area contributed by atoms with E-state index in [9.17, 15) is 19.8 Å². The van der Waals surface area contributed by atoms with E-state index in [1.807, 2.05) is 0 Å². The minimum absolute atomic E-state index is 0.0626. The highest BCUT2D eigenvalue weighted by atomic mass is 16.4. The number of carboxylic acid groups (broad SMARTS) is 1. The normalized spacial score (nSPS) is 15.0. The smallest absolute Gasteiger partial charge is 0.334 e. The summed E-state index contributed by atoms with van der Waals surface area (Å²) in [4.78, 5) is 22.7. The van der Waals surface area contributed by atoms with Gasteiger partial charge in [0, 0.05) is 0 Å². The molecule has 0 saturated heterocycles. The Hall–Kier alpha value is -1.96. The van der Waals surface area contributed by atoms with Crippen LogP contribution in [0.4, 0.5) is 0 Å². The summed E-state index contributed by atoms with van der Waals surface area (Å²) in [6.07, 6.45) is -2.89. The van der Waals surface area contributed by atoms with Crippen molar-refractivity contribution in [2.45, 2.75) is 31.1 Å². The predicted molar refractivity (Wildman–Crippen MR) is 75.4 cm³/mol. The molecule has 0 fully saturated rings. The van der Waals surface area contributed by atoms with E-state index in [0.717, 1.165) is 5.56 Å². The number of rotatable bonds is 8. The molecular formula is C14H20N2O5. The van der Waals surface area contributed by atoms with Gasteiger partial charge in [0.2, 0.25) is 5.91 Å². The zero-order chi connectivity index (χ0) is 15.8. The maximum Gasteiger partial charge on any atom is 0.334 e. The molecule has 1 amide bonds. The fraction of sp³-hybridized carbons (Fsp3) is 0.429. The van der Waals surface area contributed by atoms with E-state index in [4.69, 9.17) is 10.8 Å². The summed E-state index contributed by atoms with van der Waals surface area (Å²) in [5.74, 6) is -2.19. The maximum atomic E-state index is 11.7. The Bertz CT molecular complexity index is 466. The fourth-order valence-corrected chi connectivity index (χ4v) is 1.85. The summed E-state index contributed by atoms with van der Waals surface area (Å²) in [5.41, 5.74) is 6.01. The van der Waals surface area contributed by atoms with E-state index < -0.39 is 30.1 Å². The molecule has 0 saturated carbocycles. The number of benzene rings is 1. The Labute approximate surface area is 122 Å². The molecule has 0 radical (unpaired) electrons. The number of aliphatic carboxylic acids is 1. The van der Waals surface area contributed by atoms with Crippen molar-refractivity contribution in [1.29, 1.82) is 0 Å². The Morgan fingerprint density at radius 2 is 1.81 bits per heavy atom. The first-order valence-corrected chi connectivity index (χ1v) is 6.59. The molecule has 0 heterocycles. The molecule has 21 heavy (non-hydrogen) atoms. The van der Waals surface area contributed by atoms with Crippen LogP contribution in [-0.2, 0) is 16.0 Å². The van der Waals surface area contributed by atoms with Gasteiger partial charge in [-0.2, -0.15) is 0 Å². The quantitative estimate of drug-likeness (QED) is 0.412. The van der Waals surface area contributed by atoms with Crippen LogP contribution in [0.1, 0.15) is 12.0 Å². The third-order valence-electron chi connectivity index (χ3n) is 3.00. The molecule has 0 aliphatic heterocycles. The van der Waals surface area contributed by atoms with Crippen molar-refractivity contribution < 1.29 is 24.9 Å². The number of hydrogen-bond donors (Lipinski definition) is 5. The molecule has 116 valence electrons. The van der Waals surface area contributed by atoms with Crippen LogP contribution in [0.3, 0.4) is 0 Å². The van der Waals surface area contributed by atoms with Crippen LogP contribution in [0.25, 0.3) is 0 Å². The lowest BCUT2D eigenvalue weighted by Gasteiger charge is -2.23. The maximum absolute atomic E-state index is 11.7. The van der Waals surface area contributed by atoms with Gasteiger partial charge in [0.1, 0.15) is 6.10 Å². The summed E-state index contributed by atoms with van der Waals surface area (Å²) in [6.45, 7) is 0.124. The SMILES string of the molecule is NCC[C@H](O)C(=O)N[C@H](Cc1ccccc1)[C@H](O)C(=O)O. The lowest BCUT2D eigenvalue weighted by Crippen LogP contribution is -2.51. The lowest BCUT2D eigenvalue weighted by molar-refractivity contribution is -0.149. The third-order valence-corrected chi connectivity index (χ3v) is 3.00. The largest absolute Gasteiger partial charge is 0.479 e. The second-order valence-electron chi connectivity index (χ2n) is 4.68. The molecule has 1 aromatic carbocycles. The summed E-state index contributed by atoms with van der Waals surface area (Å²) in [7, 11) is 0. The number of aliphatic hydroxyl groups is 2. The molecule has 0 bridgehead atoms. The molecule has 3 atom stereocenters. The van der Waals surface area contributed by atoms with Crippen LogP contribution in [-0.4, -0.2) is 52.0 Å². The number of carboxylic acids is 1. The van der Waals surface area contributed by atoms with Crippen molar-refractivity contribution in [2.75, 3.05) is 6.54 Å². The summed E-state index contributed by atoms with van der Waals surface area (Å²) in [5, 5.41) is 30.5. The Balaban J connectivity index is 2.78. The minimum atomic E-state index is -1.76. The number of carbonyl (C=O) groups excluding carboxylic acids is 1. The van der Waals surface area contributed by atoms with Gasteiger partial charge in [-0.15, -0.1) is 0 Å². The van der Waals surface area contributed by atoms with Gasteiger partial charge in [-0.1, -0.05) is 30.3 Å². The van der Waals surface area contributed by atoms with Crippen molar-refractivity contribution in [3.63, 3.8) is 0 Å². The van der Waals surface area contributed by atoms with Gasteiger partial charge in [-0.25, -0.2) is 4.79 Å². The highest BCUT2D eigenvalue weighted by Crippen LogP contribution is 2.07. The molecule has 1 rings (SSSR count). The van der Waals surface area contributed by atoms with E-state index in [1.54, 1.807) is 30.3 Å². The molecule has 0 aliphatic rings. The van der Waals surface area contributed by atoms with Crippen LogP contribution < -0.4 is 11.1 Å².